The van der Waals surface area contributed by atoms with Crippen LogP contribution in [0, 0.1) is 17.5 Å². The maximum absolute atomic E-state index is 13.6. The molecule has 28 heavy (non-hydrogen) atoms. The van der Waals surface area contributed by atoms with Crippen LogP contribution in [0.15, 0.2) is 82.7 Å². The van der Waals surface area contributed by atoms with Crippen molar-refractivity contribution in [3.05, 3.63) is 90.4 Å². The summed E-state index contributed by atoms with van der Waals surface area (Å²) < 4.78 is 67.0. The van der Waals surface area contributed by atoms with Gasteiger partial charge in [-0.25, -0.2) is 21.6 Å². The van der Waals surface area contributed by atoms with E-state index in [0.29, 0.717) is 10.9 Å². The van der Waals surface area contributed by atoms with Crippen LogP contribution >= 0.6 is 0 Å². The number of rotatable bonds is 3. The molecule has 0 aliphatic rings. The Hall–Kier alpha value is -3.19. The van der Waals surface area contributed by atoms with Gasteiger partial charge in [0.1, 0.15) is 17.5 Å². The standard InChI is InChI=1S/C21H12F3NO2S/c22-14-6-4-13(5-7-14)21-18-9-8-16(24)11-19(18)25-12-20(21)28(26,27)17-3-1-2-15(23)10-17/h1-12H. The topological polar surface area (TPSA) is 47.0 Å². The Morgan fingerprint density at radius 1 is 0.750 bits per heavy atom. The predicted octanol–water partition coefficient (Wildman–Crippen LogP) is 5.15. The van der Waals surface area contributed by atoms with Crippen LogP contribution in [-0.2, 0) is 9.84 Å². The molecule has 0 atom stereocenters. The second kappa shape index (κ2) is 6.76. The third-order valence-electron chi connectivity index (χ3n) is 4.33. The molecule has 0 bridgehead atoms. The summed E-state index contributed by atoms with van der Waals surface area (Å²) in [6, 6.07) is 13.7. The van der Waals surface area contributed by atoms with Gasteiger partial charge in [0.2, 0.25) is 9.84 Å². The van der Waals surface area contributed by atoms with Gasteiger partial charge in [-0.15, -0.1) is 0 Å². The zero-order chi connectivity index (χ0) is 19.9. The van der Waals surface area contributed by atoms with Crippen molar-refractivity contribution in [1.82, 2.24) is 4.98 Å². The van der Waals surface area contributed by atoms with Gasteiger partial charge in [0.05, 0.1) is 15.3 Å². The maximum atomic E-state index is 13.6. The number of fused-ring (bicyclic) bond motifs is 1. The SMILES string of the molecule is O=S(=O)(c1cccc(F)c1)c1cnc2cc(F)ccc2c1-c1ccc(F)cc1. The molecule has 140 valence electrons. The Balaban J connectivity index is 2.07. The van der Waals surface area contributed by atoms with Crippen molar-refractivity contribution in [2.45, 2.75) is 9.79 Å². The highest BCUT2D eigenvalue weighted by molar-refractivity contribution is 7.91. The largest absolute Gasteiger partial charge is 0.255 e. The highest BCUT2D eigenvalue weighted by Gasteiger charge is 2.25. The van der Waals surface area contributed by atoms with E-state index in [0.717, 1.165) is 18.3 Å². The fraction of sp³-hybridized carbons (Fsp3) is 0. The molecular formula is C21H12F3NO2S. The number of benzene rings is 3. The molecule has 4 rings (SSSR count). The fourth-order valence-corrected chi connectivity index (χ4v) is 4.50. The Morgan fingerprint density at radius 3 is 2.14 bits per heavy atom. The molecule has 3 nitrogen and oxygen atoms in total. The smallest absolute Gasteiger partial charge is 0.208 e. The molecule has 7 heteroatoms. The lowest BCUT2D eigenvalue weighted by Gasteiger charge is -2.14. The number of halogens is 3. The van der Waals surface area contributed by atoms with Gasteiger partial charge in [0.15, 0.2) is 0 Å². The molecule has 0 saturated heterocycles. The minimum absolute atomic E-state index is 0.177. The summed E-state index contributed by atoms with van der Waals surface area (Å²) in [6.45, 7) is 0. The molecule has 0 amide bonds. The van der Waals surface area contributed by atoms with Gasteiger partial charge in [-0.1, -0.05) is 18.2 Å². The molecule has 0 aliphatic heterocycles. The molecule has 4 aromatic rings. The zero-order valence-electron chi connectivity index (χ0n) is 14.2. The normalized spacial score (nSPS) is 11.7. The summed E-state index contributed by atoms with van der Waals surface area (Å²) in [5, 5.41) is 0.380. The molecule has 1 aromatic heterocycles. The third kappa shape index (κ3) is 3.14. The number of sulfone groups is 1. The van der Waals surface area contributed by atoms with Crippen LogP contribution in [0.5, 0.6) is 0 Å². The van der Waals surface area contributed by atoms with Gasteiger partial charge < -0.3 is 0 Å². The molecule has 0 fully saturated rings. The van der Waals surface area contributed by atoms with E-state index in [-0.39, 0.29) is 20.9 Å². The molecule has 3 aromatic carbocycles. The van der Waals surface area contributed by atoms with Gasteiger partial charge in [-0.2, -0.15) is 0 Å². The van der Waals surface area contributed by atoms with E-state index in [2.05, 4.69) is 4.98 Å². The lowest BCUT2D eigenvalue weighted by molar-refractivity contribution is 0.591. The van der Waals surface area contributed by atoms with Gasteiger partial charge in [-0.3, -0.25) is 4.98 Å². The van der Waals surface area contributed by atoms with Gasteiger partial charge in [-0.05, 0) is 48.0 Å². The monoisotopic (exact) mass is 399 g/mol. The lowest BCUT2D eigenvalue weighted by atomic mass is 10.0. The van der Waals surface area contributed by atoms with Crippen LogP contribution in [0.3, 0.4) is 0 Å². The van der Waals surface area contributed by atoms with Crippen molar-refractivity contribution in [1.29, 1.82) is 0 Å². The van der Waals surface area contributed by atoms with Crippen molar-refractivity contribution in [3.63, 3.8) is 0 Å². The molecular weight excluding hydrogens is 387 g/mol. The first-order valence-electron chi connectivity index (χ1n) is 8.21. The summed E-state index contributed by atoms with van der Waals surface area (Å²) in [5.41, 5.74) is 0.905. The Labute approximate surface area is 159 Å². The second-order valence-corrected chi connectivity index (χ2v) is 8.04. The number of nitrogens with zero attached hydrogens (tertiary/aromatic N) is 1. The Bertz CT molecular complexity index is 1300. The highest BCUT2D eigenvalue weighted by Crippen LogP contribution is 2.36. The Morgan fingerprint density at radius 2 is 1.43 bits per heavy atom. The number of hydrogen-bond donors (Lipinski definition) is 0. The van der Waals surface area contributed by atoms with Crippen LogP contribution in [0.25, 0.3) is 22.0 Å². The number of aromatic nitrogens is 1. The second-order valence-electron chi connectivity index (χ2n) is 6.13. The molecule has 0 aliphatic carbocycles. The molecule has 0 radical (unpaired) electrons. The van der Waals surface area contributed by atoms with Crippen molar-refractivity contribution >= 4 is 20.7 Å². The minimum Gasteiger partial charge on any atom is -0.255 e. The van der Waals surface area contributed by atoms with E-state index < -0.39 is 27.3 Å². The van der Waals surface area contributed by atoms with Crippen molar-refractivity contribution in [2.24, 2.45) is 0 Å². The zero-order valence-corrected chi connectivity index (χ0v) is 15.1. The van der Waals surface area contributed by atoms with E-state index in [1.165, 1.54) is 54.6 Å². The molecule has 0 saturated carbocycles. The van der Waals surface area contributed by atoms with Crippen LogP contribution in [0.2, 0.25) is 0 Å². The van der Waals surface area contributed by atoms with E-state index >= 15 is 0 Å². The van der Waals surface area contributed by atoms with Gasteiger partial charge in [0, 0.05) is 23.2 Å². The fourth-order valence-electron chi connectivity index (χ4n) is 3.03. The van der Waals surface area contributed by atoms with Crippen molar-refractivity contribution in [3.8, 4) is 11.1 Å². The average molecular weight is 399 g/mol. The van der Waals surface area contributed by atoms with Crippen molar-refractivity contribution < 1.29 is 21.6 Å². The summed E-state index contributed by atoms with van der Waals surface area (Å²) in [7, 11) is -4.14. The average Bonchev–Trinajstić information content (AvgIpc) is 2.67. The van der Waals surface area contributed by atoms with Crippen LogP contribution in [-0.4, -0.2) is 13.4 Å². The quantitative estimate of drug-likeness (QED) is 0.479. The summed E-state index contributed by atoms with van der Waals surface area (Å²) in [5.74, 6) is -1.70. The first kappa shape index (κ1) is 18.2. The van der Waals surface area contributed by atoms with E-state index in [4.69, 9.17) is 0 Å². The van der Waals surface area contributed by atoms with Crippen LogP contribution in [0.1, 0.15) is 0 Å². The van der Waals surface area contributed by atoms with Gasteiger partial charge in [0.25, 0.3) is 0 Å². The maximum Gasteiger partial charge on any atom is 0.208 e. The van der Waals surface area contributed by atoms with Crippen LogP contribution in [0.4, 0.5) is 13.2 Å². The minimum atomic E-state index is -4.14. The number of pyridine rings is 1. The molecule has 0 spiro atoms. The third-order valence-corrected chi connectivity index (χ3v) is 6.09. The summed E-state index contributed by atoms with van der Waals surface area (Å²) >= 11 is 0. The summed E-state index contributed by atoms with van der Waals surface area (Å²) in [4.78, 5) is 3.66. The molecule has 0 N–H and O–H groups in total. The highest BCUT2D eigenvalue weighted by atomic mass is 32.2. The predicted molar refractivity (Wildman–Crippen MR) is 98.9 cm³/mol. The van der Waals surface area contributed by atoms with E-state index in [1.54, 1.807) is 0 Å². The van der Waals surface area contributed by atoms with E-state index in [9.17, 15) is 21.6 Å². The first-order valence-corrected chi connectivity index (χ1v) is 9.69. The summed E-state index contributed by atoms with van der Waals surface area (Å²) in [6.07, 6.45) is 1.11. The molecule has 1 heterocycles. The number of hydrogen-bond acceptors (Lipinski definition) is 3. The first-order chi connectivity index (χ1) is 13.4. The van der Waals surface area contributed by atoms with Crippen molar-refractivity contribution in [2.75, 3.05) is 0 Å². The Kier molecular flexibility index (Phi) is 4.39. The van der Waals surface area contributed by atoms with E-state index in [1.807, 2.05) is 0 Å². The molecule has 0 unspecified atom stereocenters. The van der Waals surface area contributed by atoms with Crippen LogP contribution < -0.4 is 0 Å². The lowest BCUT2D eigenvalue weighted by Crippen LogP contribution is -2.06. The van der Waals surface area contributed by atoms with Gasteiger partial charge >= 0.3 is 0 Å².